The molecule has 10 rings (SSSR count). The lowest BCUT2D eigenvalue weighted by Crippen LogP contribution is -2.10. The van der Waals surface area contributed by atoms with E-state index >= 15 is 0 Å². The van der Waals surface area contributed by atoms with Gasteiger partial charge in [0.25, 0.3) is 0 Å². The molecule has 0 N–H and O–H groups in total. The number of rotatable bonds is 5. The van der Waals surface area contributed by atoms with Gasteiger partial charge in [0.1, 0.15) is 0 Å². The number of anilines is 3. The largest absolute Gasteiger partial charge is 0.309 e. The highest BCUT2D eigenvalue weighted by molar-refractivity contribution is 7.26. The minimum Gasteiger partial charge on any atom is -0.309 e. The average molecular weight is 660 g/mol. The van der Waals surface area contributed by atoms with Crippen molar-refractivity contribution in [2.24, 2.45) is 0 Å². The SMILES string of the molecule is c1ccc(-c2ccc(N(c3ccc4ccccc4c3)c3cccc4c3sc3ccccc34)cc2-c2cccc3sc4ccccc4c23)cc1. The normalized spacial score (nSPS) is 11.7. The van der Waals surface area contributed by atoms with Crippen LogP contribution in [0, 0.1) is 0 Å². The summed E-state index contributed by atoms with van der Waals surface area (Å²) in [5, 5.41) is 7.69. The van der Waals surface area contributed by atoms with Crippen LogP contribution in [0.5, 0.6) is 0 Å². The molecule has 0 aliphatic carbocycles. The predicted molar refractivity (Wildman–Crippen MR) is 215 cm³/mol. The van der Waals surface area contributed by atoms with Crippen molar-refractivity contribution in [3.63, 3.8) is 0 Å². The quantitative estimate of drug-likeness (QED) is 0.178. The van der Waals surface area contributed by atoms with Crippen LogP contribution < -0.4 is 4.90 Å². The number of hydrogen-bond donors (Lipinski definition) is 0. The molecular formula is C46H29NS2. The van der Waals surface area contributed by atoms with Crippen LogP contribution in [0.1, 0.15) is 0 Å². The van der Waals surface area contributed by atoms with Crippen molar-refractivity contribution in [1.82, 2.24) is 0 Å². The van der Waals surface area contributed by atoms with Crippen LogP contribution in [0.15, 0.2) is 176 Å². The molecule has 2 aromatic heterocycles. The summed E-state index contributed by atoms with van der Waals surface area (Å²) in [6, 6.07) is 64.5. The van der Waals surface area contributed by atoms with Gasteiger partial charge in [0, 0.05) is 47.0 Å². The van der Waals surface area contributed by atoms with E-state index in [0.29, 0.717) is 0 Å². The van der Waals surface area contributed by atoms with Gasteiger partial charge in [-0.1, -0.05) is 127 Å². The Morgan fingerprint density at radius 1 is 0.367 bits per heavy atom. The highest BCUT2D eigenvalue weighted by Crippen LogP contribution is 2.48. The van der Waals surface area contributed by atoms with Crippen molar-refractivity contribution in [3.05, 3.63) is 176 Å². The monoisotopic (exact) mass is 659 g/mol. The van der Waals surface area contributed by atoms with E-state index in [4.69, 9.17) is 0 Å². The van der Waals surface area contributed by atoms with Gasteiger partial charge in [0.2, 0.25) is 0 Å². The third kappa shape index (κ3) is 4.66. The number of fused-ring (bicyclic) bond motifs is 7. The van der Waals surface area contributed by atoms with E-state index in [1.807, 2.05) is 22.7 Å². The van der Waals surface area contributed by atoms with Crippen LogP contribution in [0.4, 0.5) is 17.1 Å². The van der Waals surface area contributed by atoms with E-state index in [1.54, 1.807) is 0 Å². The van der Waals surface area contributed by atoms with E-state index in [0.717, 1.165) is 11.4 Å². The van der Waals surface area contributed by atoms with Crippen molar-refractivity contribution >= 4 is 90.9 Å². The third-order valence-electron chi connectivity index (χ3n) is 9.65. The topological polar surface area (TPSA) is 3.24 Å². The number of benzene rings is 8. The zero-order valence-electron chi connectivity index (χ0n) is 26.5. The zero-order chi connectivity index (χ0) is 32.3. The van der Waals surface area contributed by atoms with E-state index in [2.05, 4.69) is 181 Å². The molecule has 10 aromatic rings. The molecule has 0 atom stereocenters. The summed E-state index contributed by atoms with van der Waals surface area (Å²) in [7, 11) is 0. The lowest BCUT2D eigenvalue weighted by molar-refractivity contribution is 1.31. The molecule has 49 heavy (non-hydrogen) atoms. The van der Waals surface area contributed by atoms with Crippen LogP contribution in [-0.4, -0.2) is 0 Å². The average Bonchev–Trinajstić information content (AvgIpc) is 3.74. The summed E-state index contributed by atoms with van der Waals surface area (Å²) in [6.07, 6.45) is 0. The number of nitrogens with zero attached hydrogens (tertiary/aromatic N) is 1. The molecule has 0 bridgehead atoms. The molecule has 230 valence electrons. The minimum atomic E-state index is 1.13. The van der Waals surface area contributed by atoms with Gasteiger partial charge in [0.15, 0.2) is 0 Å². The van der Waals surface area contributed by atoms with Crippen molar-refractivity contribution < 1.29 is 0 Å². The van der Waals surface area contributed by atoms with E-state index in [1.165, 1.54) is 79.1 Å². The van der Waals surface area contributed by atoms with Gasteiger partial charge in [0.05, 0.1) is 10.4 Å². The summed E-state index contributed by atoms with van der Waals surface area (Å²) in [5.74, 6) is 0. The second-order valence-corrected chi connectivity index (χ2v) is 14.6. The molecule has 0 aliphatic rings. The molecule has 0 fully saturated rings. The van der Waals surface area contributed by atoms with Crippen molar-refractivity contribution in [3.8, 4) is 22.3 Å². The van der Waals surface area contributed by atoms with Crippen LogP contribution in [-0.2, 0) is 0 Å². The summed E-state index contributed by atoms with van der Waals surface area (Å²) < 4.78 is 5.22. The molecule has 0 radical (unpaired) electrons. The van der Waals surface area contributed by atoms with Crippen molar-refractivity contribution in [1.29, 1.82) is 0 Å². The smallest absolute Gasteiger partial charge is 0.0640 e. The Hall–Kier alpha value is -5.74. The van der Waals surface area contributed by atoms with Gasteiger partial charge in [-0.25, -0.2) is 0 Å². The molecule has 0 unspecified atom stereocenters. The van der Waals surface area contributed by atoms with Gasteiger partial charge in [-0.2, -0.15) is 0 Å². The molecule has 0 saturated carbocycles. The van der Waals surface area contributed by atoms with Crippen LogP contribution in [0.25, 0.3) is 73.4 Å². The van der Waals surface area contributed by atoms with Gasteiger partial charge in [-0.05, 0) is 81.6 Å². The molecular weight excluding hydrogens is 631 g/mol. The summed E-state index contributed by atoms with van der Waals surface area (Å²) in [4.78, 5) is 2.47. The summed E-state index contributed by atoms with van der Waals surface area (Å²) in [5.41, 5.74) is 8.38. The fourth-order valence-corrected chi connectivity index (χ4v) is 9.75. The van der Waals surface area contributed by atoms with Crippen LogP contribution in [0.3, 0.4) is 0 Å². The maximum Gasteiger partial charge on any atom is 0.0640 e. The number of hydrogen-bond acceptors (Lipinski definition) is 3. The Kier molecular flexibility index (Phi) is 6.61. The van der Waals surface area contributed by atoms with Gasteiger partial charge < -0.3 is 4.90 Å². The molecule has 2 heterocycles. The minimum absolute atomic E-state index is 1.13. The lowest BCUT2D eigenvalue weighted by atomic mass is 9.91. The molecule has 8 aromatic carbocycles. The zero-order valence-corrected chi connectivity index (χ0v) is 28.1. The standard InChI is InChI=1S/C46H29NS2/c1-2-13-31(14-3-1)35-27-26-34(29-40(35)37-18-11-23-44-45(37)39-17-7-9-22-43(39)48-44)47(33-25-24-30-12-4-5-15-32(30)28-33)41-20-10-19-38-36-16-6-8-21-42(36)49-46(38)41/h1-29H. The van der Waals surface area contributed by atoms with E-state index in [-0.39, 0.29) is 0 Å². The Morgan fingerprint density at radius 2 is 1.02 bits per heavy atom. The predicted octanol–water partition coefficient (Wildman–Crippen LogP) is 14.4. The first kappa shape index (κ1) is 28.3. The summed E-state index contributed by atoms with van der Waals surface area (Å²) in [6.45, 7) is 0. The third-order valence-corrected chi connectivity index (χ3v) is 12.0. The van der Waals surface area contributed by atoms with Crippen molar-refractivity contribution in [2.45, 2.75) is 0 Å². The molecule has 0 saturated heterocycles. The molecule has 0 amide bonds. The second-order valence-electron chi connectivity index (χ2n) is 12.5. The maximum atomic E-state index is 2.47. The fourth-order valence-electron chi connectivity index (χ4n) is 7.41. The maximum absolute atomic E-state index is 2.47. The Labute approximate surface area is 292 Å². The lowest BCUT2D eigenvalue weighted by Gasteiger charge is -2.28. The van der Waals surface area contributed by atoms with E-state index < -0.39 is 0 Å². The Balaban J connectivity index is 1.28. The van der Waals surface area contributed by atoms with Crippen molar-refractivity contribution in [2.75, 3.05) is 4.90 Å². The fraction of sp³-hybridized carbons (Fsp3) is 0. The first-order chi connectivity index (χ1) is 24.3. The Bertz CT molecular complexity index is 2840. The van der Waals surface area contributed by atoms with Crippen LogP contribution >= 0.6 is 22.7 Å². The second kappa shape index (κ2) is 11.5. The molecule has 3 heteroatoms. The molecule has 0 spiro atoms. The first-order valence-electron chi connectivity index (χ1n) is 16.6. The van der Waals surface area contributed by atoms with Crippen LogP contribution in [0.2, 0.25) is 0 Å². The Morgan fingerprint density at radius 3 is 1.90 bits per heavy atom. The van der Waals surface area contributed by atoms with Gasteiger partial charge in [-0.3, -0.25) is 0 Å². The highest BCUT2D eigenvalue weighted by atomic mass is 32.1. The van der Waals surface area contributed by atoms with Gasteiger partial charge in [-0.15, -0.1) is 22.7 Å². The van der Waals surface area contributed by atoms with E-state index in [9.17, 15) is 0 Å². The number of thiophene rings is 2. The molecule has 0 aliphatic heterocycles. The van der Waals surface area contributed by atoms with Gasteiger partial charge >= 0.3 is 0 Å². The highest BCUT2D eigenvalue weighted by Gasteiger charge is 2.21. The first-order valence-corrected chi connectivity index (χ1v) is 18.2. The summed E-state index contributed by atoms with van der Waals surface area (Å²) >= 11 is 3.75. The molecule has 1 nitrogen and oxygen atoms in total.